The predicted molar refractivity (Wildman–Crippen MR) is 123 cm³/mol. The molecule has 0 bridgehead atoms. The zero-order chi connectivity index (χ0) is 22.5. The van der Waals surface area contributed by atoms with Gasteiger partial charge in [0.2, 0.25) is 5.88 Å². The zero-order valence-corrected chi connectivity index (χ0v) is 20.1. The van der Waals surface area contributed by atoms with Crippen molar-refractivity contribution >= 4 is 32.8 Å². The maximum atomic E-state index is 13.7. The number of amides is 1. The van der Waals surface area contributed by atoms with Crippen LogP contribution in [0.15, 0.2) is 72.6 Å². The van der Waals surface area contributed by atoms with E-state index < -0.39 is 19.5 Å². The van der Waals surface area contributed by atoms with Crippen molar-refractivity contribution in [1.29, 1.82) is 0 Å². The van der Waals surface area contributed by atoms with Crippen LogP contribution in [0.25, 0.3) is 0 Å². The molecule has 0 fully saturated rings. The van der Waals surface area contributed by atoms with Gasteiger partial charge in [-0.25, -0.2) is 9.69 Å². The summed E-state index contributed by atoms with van der Waals surface area (Å²) >= 11 is 0. The topological polar surface area (TPSA) is 74.3 Å². The summed E-state index contributed by atoms with van der Waals surface area (Å²) in [5, 5.41) is 0. The van der Waals surface area contributed by atoms with Crippen LogP contribution in [0.4, 0.5) is 4.79 Å². The molecule has 0 aromatic heterocycles. The van der Waals surface area contributed by atoms with E-state index in [2.05, 4.69) is 0 Å². The number of para-hydroxylation sites is 2. The second-order valence-electron chi connectivity index (χ2n) is 8.32. The Labute approximate surface area is 201 Å². The van der Waals surface area contributed by atoms with E-state index >= 15 is 0 Å². The van der Waals surface area contributed by atoms with E-state index in [4.69, 9.17) is 18.3 Å². The summed E-state index contributed by atoms with van der Waals surface area (Å²) in [6.45, 7) is 7.71. The van der Waals surface area contributed by atoms with Crippen LogP contribution in [0, 0.1) is 5.92 Å². The molecular formula is C23H28LiNO6P. The molecule has 0 N–H and O–H groups in total. The third kappa shape index (κ3) is 7.67. The number of hydrogen-bond acceptors (Lipinski definition) is 6. The second-order valence-corrected chi connectivity index (χ2v) is 9.76. The van der Waals surface area contributed by atoms with Crippen molar-refractivity contribution in [3.8, 4) is 11.5 Å². The van der Waals surface area contributed by atoms with Gasteiger partial charge < -0.3 is 18.3 Å². The van der Waals surface area contributed by atoms with Gasteiger partial charge in [0, 0.05) is 25.4 Å². The summed E-state index contributed by atoms with van der Waals surface area (Å²) in [5.74, 6) is 0.901. The number of nitrogens with zero attached hydrogens (tertiary/aromatic N) is 1. The molecule has 167 valence electrons. The van der Waals surface area contributed by atoms with Crippen LogP contribution >= 0.6 is 7.82 Å². The van der Waals surface area contributed by atoms with Gasteiger partial charge in [0.15, 0.2) is 0 Å². The molecule has 1 atom stereocenters. The molecule has 32 heavy (non-hydrogen) atoms. The molecule has 0 saturated carbocycles. The van der Waals surface area contributed by atoms with Crippen molar-refractivity contribution in [1.82, 2.24) is 4.90 Å². The van der Waals surface area contributed by atoms with Gasteiger partial charge in [0.25, 0.3) is 0 Å². The standard InChI is InChI=1S/C23H28NO6P.Li/c1-18-15-16-21(24(17-18)22(25)27-23(2,3)4)30-31(26,28-19-11-7-5-8-12-19)29-20-13-9-6-10-14-20;/h5-14,16,18H,15,17H2,1-4H3;/t18-;/m0./s1. The number of ether oxygens (including phenoxy) is 1. The number of carbonyl (C=O) groups excluding carboxylic acids is 1. The molecular weight excluding hydrogens is 424 g/mol. The van der Waals surface area contributed by atoms with Crippen LogP contribution in [0.5, 0.6) is 11.5 Å². The van der Waals surface area contributed by atoms with E-state index in [0.29, 0.717) is 24.5 Å². The van der Waals surface area contributed by atoms with Gasteiger partial charge in [-0.2, -0.15) is 4.57 Å². The number of benzene rings is 2. The Morgan fingerprint density at radius 1 is 0.938 bits per heavy atom. The van der Waals surface area contributed by atoms with Crippen molar-refractivity contribution in [3.05, 3.63) is 72.6 Å². The Hall–Kier alpha value is -2.32. The average Bonchev–Trinajstić information content (AvgIpc) is 2.69. The molecule has 0 spiro atoms. The third-order valence-corrected chi connectivity index (χ3v) is 5.47. The fraction of sp³-hybridized carbons (Fsp3) is 0.348. The van der Waals surface area contributed by atoms with E-state index in [1.165, 1.54) is 4.90 Å². The summed E-state index contributed by atoms with van der Waals surface area (Å²) in [6, 6.07) is 17.2. The number of carbonyl (C=O) groups is 1. The quantitative estimate of drug-likeness (QED) is 0.395. The van der Waals surface area contributed by atoms with E-state index in [1.807, 2.05) is 19.1 Å². The Morgan fingerprint density at radius 2 is 1.44 bits per heavy atom. The van der Waals surface area contributed by atoms with Crippen LogP contribution in [-0.2, 0) is 13.8 Å². The molecule has 9 heteroatoms. The molecule has 7 nitrogen and oxygen atoms in total. The van der Waals surface area contributed by atoms with Crippen LogP contribution in [0.2, 0.25) is 0 Å². The van der Waals surface area contributed by atoms with Crippen molar-refractivity contribution in [2.24, 2.45) is 5.92 Å². The number of phosphoric ester groups is 1. The third-order valence-electron chi connectivity index (χ3n) is 4.20. The molecule has 0 saturated heterocycles. The molecule has 3 rings (SSSR count). The SMILES string of the molecule is C[C@H]1CC=C(OP(=O)(Oc2ccccc2)Oc2ccccc2)N(C(=O)OC(C)(C)C)C1.[Li]. The number of rotatable bonds is 6. The number of hydrogen-bond donors (Lipinski definition) is 0. The Morgan fingerprint density at radius 3 is 1.91 bits per heavy atom. The van der Waals surface area contributed by atoms with Gasteiger partial charge in [-0.1, -0.05) is 43.3 Å². The number of phosphoric acid groups is 1. The Kier molecular flexibility index (Phi) is 8.92. The average molecular weight is 452 g/mol. The number of allylic oxidation sites excluding steroid dienone is 1. The first-order chi connectivity index (χ1) is 14.6. The molecule has 1 radical (unpaired) electrons. The molecule has 1 amide bonds. The summed E-state index contributed by atoms with van der Waals surface area (Å²) in [4.78, 5) is 14.1. The van der Waals surface area contributed by atoms with Crippen LogP contribution < -0.4 is 9.05 Å². The minimum Gasteiger partial charge on any atom is -0.443 e. The molecule has 0 aliphatic carbocycles. The van der Waals surface area contributed by atoms with Crippen molar-refractivity contribution < 1.29 is 27.7 Å². The minimum absolute atomic E-state index is 0. The molecule has 1 aliphatic heterocycles. The van der Waals surface area contributed by atoms with Crippen LogP contribution in [0.1, 0.15) is 34.1 Å². The van der Waals surface area contributed by atoms with Gasteiger partial charge in [-0.3, -0.25) is 0 Å². The normalized spacial score (nSPS) is 16.3. The predicted octanol–water partition coefficient (Wildman–Crippen LogP) is 6.01. The fourth-order valence-electron chi connectivity index (χ4n) is 2.85. The largest absolute Gasteiger partial charge is 0.648 e. The summed E-state index contributed by atoms with van der Waals surface area (Å²) < 4.78 is 36.3. The van der Waals surface area contributed by atoms with E-state index in [0.717, 1.165) is 0 Å². The van der Waals surface area contributed by atoms with Crippen molar-refractivity contribution in [3.63, 3.8) is 0 Å². The van der Waals surface area contributed by atoms with E-state index in [1.54, 1.807) is 75.4 Å². The maximum Gasteiger partial charge on any atom is 0.648 e. The fourth-order valence-corrected chi connectivity index (χ4v) is 4.12. The maximum absolute atomic E-state index is 13.7. The minimum atomic E-state index is -4.20. The van der Waals surface area contributed by atoms with Gasteiger partial charge in [0.05, 0.1) is 0 Å². The first kappa shape index (κ1) is 25.9. The second kappa shape index (κ2) is 11.0. The Balaban J connectivity index is 0.00000363. The smallest absolute Gasteiger partial charge is 0.443 e. The Bertz CT molecular complexity index is 916. The zero-order valence-electron chi connectivity index (χ0n) is 19.2. The molecule has 1 aliphatic rings. The van der Waals surface area contributed by atoms with Gasteiger partial charge in [-0.15, -0.1) is 0 Å². The van der Waals surface area contributed by atoms with Crippen LogP contribution in [0.3, 0.4) is 0 Å². The van der Waals surface area contributed by atoms with Crippen molar-refractivity contribution in [2.75, 3.05) is 6.54 Å². The van der Waals surface area contributed by atoms with Gasteiger partial charge in [-0.05, 0) is 63.5 Å². The molecule has 2 aromatic carbocycles. The molecule has 1 heterocycles. The monoisotopic (exact) mass is 452 g/mol. The first-order valence-corrected chi connectivity index (χ1v) is 11.6. The van der Waals surface area contributed by atoms with Crippen molar-refractivity contribution in [2.45, 2.75) is 39.7 Å². The van der Waals surface area contributed by atoms with E-state index in [-0.39, 0.29) is 30.7 Å². The molecule has 0 unspecified atom stereocenters. The van der Waals surface area contributed by atoms with Crippen LogP contribution in [-0.4, -0.2) is 42.0 Å². The molecule has 2 aromatic rings. The van der Waals surface area contributed by atoms with Gasteiger partial charge in [0.1, 0.15) is 17.1 Å². The summed E-state index contributed by atoms with van der Waals surface area (Å²) in [7, 11) is -4.20. The van der Waals surface area contributed by atoms with E-state index in [9.17, 15) is 9.36 Å². The summed E-state index contributed by atoms with van der Waals surface area (Å²) in [5.41, 5.74) is -0.687. The first-order valence-electron chi connectivity index (χ1n) is 10.1. The summed E-state index contributed by atoms with van der Waals surface area (Å²) in [6.07, 6.45) is 1.76. The van der Waals surface area contributed by atoms with Gasteiger partial charge >= 0.3 is 13.9 Å².